The van der Waals surface area contributed by atoms with Gasteiger partial charge in [0.1, 0.15) is 5.69 Å². The van der Waals surface area contributed by atoms with Crippen molar-refractivity contribution in [3.8, 4) is 0 Å². The second kappa shape index (κ2) is 5.14. The molecule has 6 heteroatoms. The molecule has 0 atom stereocenters. The Morgan fingerprint density at radius 1 is 1.22 bits per heavy atom. The molecule has 1 N–H and O–H groups in total. The molecule has 2 rings (SSSR count). The second-order valence-electron chi connectivity index (χ2n) is 3.70. The molecule has 0 radical (unpaired) electrons. The third kappa shape index (κ3) is 2.84. The van der Waals surface area contributed by atoms with Crippen LogP contribution in [0.5, 0.6) is 0 Å². The maximum Gasteiger partial charge on any atom is 0.178 e. The molecule has 5 nitrogen and oxygen atoms in total. The van der Waals surface area contributed by atoms with Gasteiger partial charge in [-0.05, 0) is 23.8 Å². The van der Waals surface area contributed by atoms with E-state index in [1.165, 1.54) is 0 Å². The molecule has 1 aromatic heterocycles. The lowest BCUT2D eigenvalue weighted by molar-refractivity contribution is 0.597. The average Bonchev–Trinajstić information content (AvgIpc) is 2.90. The predicted molar refractivity (Wildman–Crippen MR) is 69.5 cm³/mol. The summed E-state index contributed by atoms with van der Waals surface area (Å²) in [4.78, 5) is 0.351. The van der Waals surface area contributed by atoms with Gasteiger partial charge in [-0.1, -0.05) is 25.1 Å². The van der Waals surface area contributed by atoms with Gasteiger partial charge in [-0.25, -0.2) is 8.42 Å². The Morgan fingerprint density at radius 2 is 1.94 bits per heavy atom. The van der Waals surface area contributed by atoms with Crippen LogP contribution < -0.4 is 0 Å². The zero-order valence-corrected chi connectivity index (χ0v) is 10.7. The lowest BCUT2D eigenvalue weighted by Crippen LogP contribution is -2.02. The van der Waals surface area contributed by atoms with E-state index in [1.807, 2.05) is 6.08 Å². The number of aromatic nitrogens is 3. The molecule has 0 aliphatic heterocycles. The number of H-pyrrole nitrogens is 1. The van der Waals surface area contributed by atoms with Gasteiger partial charge < -0.3 is 0 Å². The Bertz CT molecular complexity index is 628. The first kappa shape index (κ1) is 12.5. The number of nitrogens with zero attached hydrogens (tertiary/aromatic N) is 2. The average molecular weight is 263 g/mol. The summed E-state index contributed by atoms with van der Waals surface area (Å²) >= 11 is 0. The Kier molecular flexibility index (Phi) is 3.57. The van der Waals surface area contributed by atoms with Gasteiger partial charge in [0.05, 0.1) is 16.8 Å². The first-order chi connectivity index (χ1) is 8.62. The van der Waals surface area contributed by atoms with Gasteiger partial charge in [0.15, 0.2) is 9.84 Å². The molecular weight excluding hydrogens is 250 g/mol. The van der Waals surface area contributed by atoms with Crippen LogP contribution in [-0.2, 0) is 9.84 Å². The van der Waals surface area contributed by atoms with E-state index in [4.69, 9.17) is 0 Å². The molecule has 0 saturated heterocycles. The van der Waals surface area contributed by atoms with Gasteiger partial charge in [0, 0.05) is 0 Å². The molecule has 1 aromatic carbocycles. The molecular formula is C12H13N3O2S. The Balaban J connectivity index is 2.18. The largest absolute Gasteiger partial charge is 0.224 e. The first-order valence-electron chi connectivity index (χ1n) is 5.48. The molecule has 0 amide bonds. The number of nitrogens with one attached hydrogen (secondary N) is 1. The Morgan fingerprint density at radius 3 is 2.50 bits per heavy atom. The Labute approximate surface area is 105 Å². The highest BCUT2D eigenvalue weighted by Crippen LogP contribution is 2.13. The van der Waals surface area contributed by atoms with E-state index in [2.05, 4.69) is 15.4 Å². The van der Waals surface area contributed by atoms with Gasteiger partial charge in [-0.15, -0.1) is 0 Å². The molecule has 0 saturated carbocycles. The van der Waals surface area contributed by atoms with Crippen LogP contribution in [0.1, 0.15) is 18.2 Å². The summed E-state index contributed by atoms with van der Waals surface area (Å²) in [6.45, 7) is 1.63. The molecule has 1 heterocycles. The lowest BCUT2D eigenvalue weighted by Gasteiger charge is -2.01. The SMILES string of the molecule is CCS(=O)(=O)c1ccc(C=Cc2cn[nH]n2)cc1. The summed E-state index contributed by atoms with van der Waals surface area (Å²) in [6.07, 6.45) is 5.25. The van der Waals surface area contributed by atoms with Crippen LogP contribution in [0.15, 0.2) is 35.4 Å². The second-order valence-corrected chi connectivity index (χ2v) is 5.98. The van der Waals surface area contributed by atoms with E-state index in [-0.39, 0.29) is 5.75 Å². The van der Waals surface area contributed by atoms with Gasteiger partial charge in [0.2, 0.25) is 0 Å². The fourth-order valence-electron chi connectivity index (χ4n) is 1.43. The van der Waals surface area contributed by atoms with E-state index >= 15 is 0 Å². The molecule has 0 spiro atoms. The minimum atomic E-state index is -3.12. The molecule has 0 aliphatic carbocycles. The number of aromatic amines is 1. The van der Waals surface area contributed by atoms with E-state index in [0.29, 0.717) is 4.90 Å². The minimum Gasteiger partial charge on any atom is -0.224 e. The lowest BCUT2D eigenvalue weighted by atomic mass is 10.2. The zero-order valence-electron chi connectivity index (χ0n) is 9.87. The zero-order chi connectivity index (χ0) is 13.0. The molecule has 18 heavy (non-hydrogen) atoms. The highest BCUT2D eigenvalue weighted by atomic mass is 32.2. The summed E-state index contributed by atoms with van der Waals surface area (Å²) in [6, 6.07) is 6.75. The summed E-state index contributed by atoms with van der Waals surface area (Å²) in [5.74, 6) is 0.112. The maximum atomic E-state index is 11.6. The van der Waals surface area contributed by atoms with Crippen molar-refractivity contribution in [1.29, 1.82) is 0 Å². The molecule has 0 bridgehead atoms. The van der Waals surface area contributed by atoms with Gasteiger partial charge in [-0.2, -0.15) is 15.4 Å². The quantitative estimate of drug-likeness (QED) is 0.912. The van der Waals surface area contributed by atoms with E-state index < -0.39 is 9.84 Å². The van der Waals surface area contributed by atoms with Crippen LogP contribution in [0.2, 0.25) is 0 Å². The summed E-state index contributed by atoms with van der Waals surface area (Å²) in [5, 5.41) is 10.1. The molecule has 0 fully saturated rings. The van der Waals surface area contributed by atoms with Crippen molar-refractivity contribution in [2.24, 2.45) is 0 Å². The van der Waals surface area contributed by atoms with Crippen molar-refractivity contribution in [2.45, 2.75) is 11.8 Å². The fourth-order valence-corrected chi connectivity index (χ4v) is 2.31. The minimum absolute atomic E-state index is 0.112. The number of sulfone groups is 1. The van der Waals surface area contributed by atoms with E-state index in [0.717, 1.165) is 11.3 Å². The van der Waals surface area contributed by atoms with Crippen molar-refractivity contribution < 1.29 is 8.42 Å². The van der Waals surface area contributed by atoms with Crippen LogP contribution in [0.25, 0.3) is 12.2 Å². The monoisotopic (exact) mass is 263 g/mol. The van der Waals surface area contributed by atoms with Crippen LogP contribution in [0, 0.1) is 0 Å². The molecule has 0 aliphatic rings. The van der Waals surface area contributed by atoms with Crippen molar-refractivity contribution in [3.05, 3.63) is 41.7 Å². The van der Waals surface area contributed by atoms with Crippen LogP contribution >= 0.6 is 0 Å². The van der Waals surface area contributed by atoms with Gasteiger partial charge >= 0.3 is 0 Å². The summed E-state index contributed by atoms with van der Waals surface area (Å²) < 4.78 is 23.2. The van der Waals surface area contributed by atoms with E-state index in [1.54, 1.807) is 43.5 Å². The fraction of sp³-hybridized carbons (Fsp3) is 0.167. The van der Waals surface area contributed by atoms with Gasteiger partial charge in [-0.3, -0.25) is 0 Å². The number of hydrogen-bond donors (Lipinski definition) is 1. The third-order valence-corrected chi connectivity index (χ3v) is 4.25. The van der Waals surface area contributed by atoms with Crippen LogP contribution in [0.4, 0.5) is 0 Å². The van der Waals surface area contributed by atoms with Gasteiger partial charge in [0.25, 0.3) is 0 Å². The number of hydrogen-bond acceptors (Lipinski definition) is 4. The Hall–Kier alpha value is -1.95. The number of benzene rings is 1. The van der Waals surface area contributed by atoms with Crippen LogP contribution in [0.3, 0.4) is 0 Å². The topological polar surface area (TPSA) is 75.7 Å². The summed E-state index contributed by atoms with van der Waals surface area (Å²) in [7, 11) is -3.12. The smallest absolute Gasteiger partial charge is 0.178 e. The van der Waals surface area contributed by atoms with E-state index in [9.17, 15) is 8.42 Å². The maximum absolute atomic E-state index is 11.6. The highest BCUT2D eigenvalue weighted by Gasteiger charge is 2.09. The molecule has 2 aromatic rings. The molecule has 94 valence electrons. The van der Waals surface area contributed by atoms with Crippen molar-refractivity contribution >= 4 is 22.0 Å². The standard InChI is InChI=1S/C12H13N3O2S/c1-2-18(16,17)12-7-4-10(5-8-12)3-6-11-9-13-15-14-11/h3-9H,2H2,1H3,(H,13,14,15). The predicted octanol–water partition coefficient (Wildman–Crippen LogP) is 1.77. The highest BCUT2D eigenvalue weighted by molar-refractivity contribution is 7.91. The third-order valence-electron chi connectivity index (χ3n) is 2.50. The first-order valence-corrected chi connectivity index (χ1v) is 7.14. The van der Waals surface area contributed by atoms with Crippen molar-refractivity contribution in [3.63, 3.8) is 0 Å². The molecule has 0 unspecified atom stereocenters. The van der Waals surface area contributed by atoms with Crippen molar-refractivity contribution in [2.75, 3.05) is 5.75 Å². The normalized spacial score (nSPS) is 12.1. The number of rotatable bonds is 4. The van der Waals surface area contributed by atoms with Crippen LogP contribution in [-0.4, -0.2) is 29.6 Å². The summed E-state index contributed by atoms with van der Waals surface area (Å²) in [5.41, 5.74) is 1.63. The van der Waals surface area contributed by atoms with Crippen molar-refractivity contribution in [1.82, 2.24) is 15.4 Å².